The first-order valence-electron chi connectivity index (χ1n) is 9.03. The van der Waals surface area contributed by atoms with Gasteiger partial charge in [0, 0.05) is 29.7 Å². The minimum Gasteiger partial charge on any atom is -0.427 e. The fourth-order valence-electron chi connectivity index (χ4n) is 3.28. The minimum atomic E-state index is -0.637. The van der Waals surface area contributed by atoms with Gasteiger partial charge in [-0.2, -0.15) is 0 Å². The van der Waals surface area contributed by atoms with Crippen LogP contribution in [0.15, 0.2) is 70.1 Å². The van der Waals surface area contributed by atoms with Gasteiger partial charge in [-0.3, -0.25) is 4.79 Å². The van der Waals surface area contributed by atoms with E-state index in [9.17, 15) is 9.59 Å². The summed E-state index contributed by atoms with van der Waals surface area (Å²) in [6, 6.07) is 15.0. The molecule has 0 unspecified atom stereocenters. The summed E-state index contributed by atoms with van der Waals surface area (Å²) >= 11 is 0. The summed E-state index contributed by atoms with van der Waals surface area (Å²) in [5, 5.41) is 3.78. The highest BCUT2D eigenvalue weighted by atomic mass is 16.4. The Labute approximate surface area is 161 Å². The van der Waals surface area contributed by atoms with Crippen molar-refractivity contribution in [3.8, 4) is 0 Å². The zero-order chi connectivity index (χ0) is 19.5. The van der Waals surface area contributed by atoms with Gasteiger partial charge in [0.25, 0.3) is 5.91 Å². The lowest BCUT2D eigenvalue weighted by atomic mass is 10.1. The second kappa shape index (κ2) is 7.52. The maximum atomic E-state index is 12.4. The Morgan fingerprint density at radius 1 is 1.14 bits per heavy atom. The Kier molecular flexibility index (Phi) is 4.76. The summed E-state index contributed by atoms with van der Waals surface area (Å²) < 4.78 is 5.41. The zero-order valence-corrected chi connectivity index (χ0v) is 15.4. The molecular weight excluding hydrogens is 354 g/mol. The Balaban J connectivity index is 1.52. The zero-order valence-electron chi connectivity index (χ0n) is 15.4. The number of benzene rings is 1. The summed E-state index contributed by atoms with van der Waals surface area (Å²) in [6.45, 7) is 1.74. The van der Waals surface area contributed by atoms with Crippen molar-refractivity contribution < 1.29 is 9.21 Å². The maximum absolute atomic E-state index is 12.4. The summed E-state index contributed by atoms with van der Waals surface area (Å²) in [4.78, 5) is 32.1. The summed E-state index contributed by atoms with van der Waals surface area (Å²) in [7, 11) is 0. The van der Waals surface area contributed by atoms with E-state index in [0.29, 0.717) is 23.6 Å². The number of H-pyrrole nitrogens is 1. The van der Waals surface area contributed by atoms with E-state index in [1.807, 2.05) is 24.4 Å². The number of para-hydroxylation sites is 1. The average molecular weight is 373 g/mol. The number of carbonyl (C=O) groups is 1. The third-order valence-corrected chi connectivity index (χ3v) is 4.65. The van der Waals surface area contributed by atoms with Gasteiger partial charge in [0.2, 0.25) is 0 Å². The summed E-state index contributed by atoms with van der Waals surface area (Å²) in [5.74, 6) is 0.421. The lowest BCUT2D eigenvalue weighted by Crippen LogP contribution is -2.23. The van der Waals surface area contributed by atoms with E-state index in [-0.39, 0.29) is 5.56 Å². The standard InChI is InChI=1S/C22H19N3O3/c1-14-12-16(10-9-15-13-24-18-7-3-2-6-17(15)18)28-22(27)20(14)21(26)25-19-8-4-5-11-23-19/h2-8,11-13,24H,9-10H2,1H3,(H,23,25,26). The molecule has 3 aromatic heterocycles. The lowest BCUT2D eigenvalue weighted by molar-refractivity contribution is 0.102. The third-order valence-electron chi connectivity index (χ3n) is 4.65. The molecule has 0 saturated carbocycles. The molecule has 28 heavy (non-hydrogen) atoms. The number of aromatic nitrogens is 2. The molecule has 6 nitrogen and oxygen atoms in total. The van der Waals surface area contributed by atoms with E-state index >= 15 is 0 Å². The molecule has 0 fully saturated rings. The van der Waals surface area contributed by atoms with Crippen molar-refractivity contribution in [1.82, 2.24) is 9.97 Å². The molecule has 0 spiro atoms. The molecule has 0 saturated heterocycles. The molecule has 3 heterocycles. The molecule has 0 aliphatic rings. The Bertz CT molecular complexity index is 1190. The molecule has 1 aromatic carbocycles. The van der Waals surface area contributed by atoms with Crippen LogP contribution in [0.1, 0.15) is 27.2 Å². The van der Waals surface area contributed by atoms with E-state index in [1.54, 1.807) is 37.4 Å². The van der Waals surface area contributed by atoms with E-state index in [2.05, 4.69) is 21.4 Å². The number of pyridine rings is 1. The fraction of sp³-hybridized carbons (Fsp3) is 0.136. The second-order valence-electron chi connectivity index (χ2n) is 6.59. The van der Waals surface area contributed by atoms with Crippen LogP contribution in [0.2, 0.25) is 0 Å². The Morgan fingerprint density at radius 2 is 1.96 bits per heavy atom. The maximum Gasteiger partial charge on any atom is 0.349 e. The second-order valence-corrected chi connectivity index (χ2v) is 6.59. The van der Waals surface area contributed by atoms with Gasteiger partial charge in [-0.1, -0.05) is 24.3 Å². The lowest BCUT2D eigenvalue weighted by Gasteiger charge is -2.07. The van der Waals surface area contributed by atoms with Gasteiger partial charge in [-0.05, 0) is 48.7 Å². The predicted molar refractivity (Wildman–Crippen MR) is 108 cm³/mol. The smallest absolute Gasteiger partial charge is 0.349 e. The number of carbonyl (C=O) groups excluding carboxylic acids is 1. The molecule has 0 atom stereocenters. The number of rotatable bonds is 5. The highest BCUT2D eigenvalue weighted by Gasteiger charge is 2.17. The van der Waals surface area contributed by atoms with Crippen LogP contribution in [0.5, 0.6) is 0 Å². The predicted octanol–water partition coefficient (Wildman–Crippen LogP) is 3.86. The van der Waals surface area contributed by atoms with Crippen molar-refractivity contribution in [3.05, 3.63) is 93.8 Å². The van der Waals surface area contributed by atoms with E-state index < -0.39 is 11.5 Å². The number of anilines is 1. The SMILES string of the molecule is Cc1cc(CCc2c[nH]c3ccccc23)oc(=O)c1C(=O)Nc1ccccn1. The van der Waals surface area contributed by atoms with Gasteiger partial charge in [0.15, 0.2) is 0 Å². The molecule has 0 radical (unpaired) electrons. The molecule has 0 aliphatic carbocycles. The van der Waals surface area contributed by atoms with Crippen LogP contribution in [-0.4, -0.2) is 15.9 Å². The van der Waals surface area contributed by atoms with Crippen molar-refractivity contribution in [2.45, 2.75) is 19.8 Å². The van der Waals surface area contributed by atoms with Crippen molar-refractivity contribution in [1.29, 1.82) is 0 Å². The highest BCUT2D eigenvalue weighted by Crippen LogP contribution is 2.20. The number of hydrogen-bond acceptors (Lipinski definition) is 4. The first-order valence-corrected chi connectivity index (χ1v) is 9.03. The number of fused-ring (bicyclic) bond motifs is 1. The molecule has 0 bridgehead atoms. The Hall–Kier alpha value is -3.67. The summed E-state index contributed by atoms with van der Waals surface area (Å²) in [6.07, 6.45) is 4.84. The van der Waals surface area contributed by atoms with E-state index in [0.717, 1.165) is 22.9 Å². The van der Waals surface area contributed by atoms with Gasteiger partial charge in [-0.25, -0.2) is 9.78 Å². The Morgan fingerprint density at radius 3 is 2.75 bits per heavy atom. The molecule has 140 valence electrons. The van der Waals surface area contributed by atoms with Crippen molar-refractivity contribution in [2.75, 3.05) is 5.32 Å². The van der Waals surface area contributed by atoms with Gasteiger partial charge in [-0.15, -0.1) is 0 Å². The van der Waals surface area contributed by atoms with Crippen LogP contribution >= 0.6 is 0 Å². The molecule has 6 heteroatoms. The van der Waals surface area contributed by atoms with Crippen LogP contribution in [0, 0.1) is 6.92 Å². The van der Waals surface area contributed by atoms with Gasteiger partial charge >= 0.3 is 5.63 Å². The van der Waals surface area contributed by atoms with Crippen LogP contribution < -0.4 is 10.9 Å². The van der Waals surface area contributed by atoms with Gasteiger partial charge < -0.3 is 14.7 Å². The van der Waals surface area contributed by atoms with Crippen molar-refractivity contribution >= 4 is 22.6 Å². The highest BCUT2D eigenvalue weighted by molar-refractivity contribution is 6.04. The van der Waals surface area contributed by atoms with Gasteiger partial charge in [0.1, 0.15) is 17.1 Å². The van der Waals surface area contributed by atoms with Gasteiger partial charge in [0.05, 0.1) is 0 Å². The molecule has 4 aromatic rings. The first-order chi connectivity index (χ1) is 13.6. The summed E-state index contributed by atoms with van der Waals surface area (Å²) in [5.41, 5.74) is 2.19. The van der Waals surface area contributed by atoms with Crippen molar-refractivity contribution in [2.24, 2.45) is 0 Å². The number of aromatic amines is 1. The van der Waals surface area contributed by atoms with E-state index in [4.69, 9.17) is 4.42 Å². The monoisotopic (exact) mass is 373 g/mol. The average Bonchev–Trinajstić information content (AvgIpc) is 3.10. The quantitative estimate of drug-likeness (QED) is 0.556. The largest absolute Gasteiger partial charge is 0.427 e. The fourth-order valence-corrected chi connectivity index (χ4v) is 3.28. The number of amides is 1. The van der Waals surface area contributed by atoms with Crippen molar-refractivity contribution in [3.63, 3.8) is 0 Å². The van der Waals surface area contributed by atoms with Crippen LogP contribution in [0.4, 0.5) is 5.82 Å². The number of nitrogens with one attached hydrogen (secondary N) is 2. The number of nitrogens with zero attached hydrogens (tertiary/aromatic N) is 1. The third kappa shape index (κ3) is 3.57. The molecule has 0 aliphatic heterocycles. The minimum absolute atomic E-state index is 0.00139. The van der Waals surface area contributed by atoms with Crippen LogP contribution in [0.25, 0.3) is 10.9 Å². The first kappa shape index (κ1) is 17.7. The normalized spacial score (nSPS) is 10.9. The van der Waals surface area contributed by atoms with Crippen LogP contribution in [-0.2, 0) is 12.8 Å². The van der Waals surface area contributed by atoms with Crippen LogP contribution in [0.3, 0.4) is 0 Å². The number of hydrogen-bond donors (Lipinski definition) is 2. The number of aryl methyl sites for hydroxylation is 3. The molecule has 2 N–H and O–H groups in total. The molecule has 4 rings (SSSR count). The molecule has 1 amide bonds. The van der Waals surface area contributed by atoms with E-state index in [1.165, 1.54) is 0 Å². The topological polar surface area (TPSA) is 88.0 Å². The molecular formula is C22H19N3O3.